The molecule has 2 fully saturated rings. The van der Waals surface area contributed by atoms with Crippen molar-refractivity contribution in [2.45, 2.75) is 44.8 Å². The maximum absolute atomic E-state index is 13.8. The molecule has 0 saturated carbocycles. The summed E-state index contributed by atoms with van der Waals surface area (Å²) in [5.74, 6) is -0.846. The van der Waals surface area contributed by atoms with Crippen molar-refractivity contribution in [2.24, 2.45) is 5.92 Å². The summed E-state index contributed by atoms with van der Waals surface area (Å²) < 4.78 is 0. The Morgan fingerprint density at radius 3 is 2.55 bits per heavy atom. The van der Waals surface area contributed by atoms with E-state index in [2.05, 4.69) is 10.3 Å². The molecule has 4 heterocycles. The van der Waals surface area contributed by atoms with Crippen LogP contribution in [0, 0.1) is 5.92 Å². The van der Waals surface area contributed by atoms with Crippen molar-refractivity contribution < 1.29 is 19.2 Å². The summed E-state index contributed by atoms with van der Waals surface area (Å²) in [5.41, 5.74) is 1.45. The number of hydrogen-bond donors (Lipinski definition) is 1. The number of thiophene rings is 1. The maximum Gasteiger partial charge on any atom is 0.262 e. The molecule has 3 atom stereocenters. The summed E-state index contributed by atoms with van der Waals surface area (Å²) in [7, 11) is 0. The summed E-state index contributed by atoms with van der Waals surface area (Å²) in [4.78, 5) is 61.7. The lowest BCUT2D eigenvalue weighted by atomic mass is 10.0. The van der Waals surface area contributed by atoms with E-state index in [4.69, 9.17) is 0 Å². The predicted molar refractivity (Wildman–Crippen MR) is 145 cm³/mol. The molecule has 2 aliphatic rings. The lowest BCUT2D eigenvalue weighted by Crippen LogP contribution is -2.52. The van der Waals surface area contributed by atoms with Crippen molar-refractivity contribution in [3.8, 4) is 10.4 Å². The van der Waals surface area contributed by atoms with E-state index in [1.165, 1.54) is 17.5 Å². The Morgan fingerprint density at radius 1 is 1.05 bits per heavy atom. The summed E-state index contributed by atoms with van der Waals surface area (Å²) in [5, 5.41) is 2.94. The molecule has 1 N–H and O–H groups in total. The number of nitrogens with zero attached hydrogens (tertiary/aromatic N) is 3. The van der Waals surface area contributed by atoms with Gasteiger partial charge in [-0.3, -0.25) is 24.2 Å². The molecule has 0 radical (unpaired) electrons. The third-order valence-electron chi connectivity index (χ3n) is 7.07. The predicted octanol–water partition coefficient (Wildman–Crippen LogP) is 3.65. The first-order valence-corrected chi connectivity index (χ1v) is 13.7. The van der Waals surface area contributed by atoms with Crippen LogP contribution in [0.3, 0.4) is 0 Å². The van der Waals surface area contributed by atoms with Crippen LogP contribution in [0.15, 0.2) is 67.0 Å². The van der Waals surface area contributed by atoms with E-state index in [1.54, 1.807) is 34.2 Å². The quantitative estimate of drug-likeness (QED) is 0.503. The first kappa shape index (κ1) is 25.8. The minimum absolute atomic E-state index is 0.0362. The average Bonchev–Trinajstić information content (AvgIpc) is 3.66. The van der Waals surface area contributed by atoms with Crippen LogP contribution in [0.5, 0.6) is 0 Å². The molecule has 2 aromatic heterocycles. The largest absolute Gasteiger partial charge is 0.340 e. The molecule has 2 aliphatic heterocycles. The molecule has 2 saturated heterocycles. The van der Waals surface area contributed by atoms with Crippen molar-refractivity contribution in [1.82, 2.24) is 20.1 Å². The van der Waals surface area contributed by atoms with Gasteiger partial charge in [0.15, 0.2) is 5.78 Å². The van der Waals surface area contributed by atoms with Gasteiger partial charge in [0.05, 0.1) is 23.0 Å². The summed E-state index contributed by atoms with van der Waals surface area (Å²) in [6, 6.07) is 15.0. The van der Waals surface area contributed by atoms with Gasteiger partial charge in [-0.25, -0.2) is 0 Å². The van der Waals surface area contributed by atoms with Crippen LogP contribution in [0.4, 0.5) is 0 Å². The number of rotatable bonds is 7. The van der Waals surface area contributed by atoms with E-state index in [9.17, 15) is 19.2 Å². The number of likely N-dealkylation sites (tertiary alicyclic amines) is 2. The lowest BCUT2D eigenvalue weighted by Gasteiger charge is -2.29. The van der Waals surface area contributed by atoms with Crippen molar-refractivity contribution in [3.63, 3.8) is 0 Å². The topological polar surface area (TPSA) is 99.7 Å². The molecule has 9 heteroatoms. The molecule has 3 unspecified atom stereocenters. The Morgan fingerprint density at radius 2 is 1.84 bits per heavy atom. The van der Waals surface area contributed by atoms with Gasteiger partial charge in [0.1, 0.15) is 12.1 Å². The van der Waals surface area contributed by atoms with Gasteiger partial charge in [0.2, 0.25) is 5.91 Å². The lowest BCUT2D eigenvalue weighted by molar-refractivity contribution is -0.138. The number of carbonyl (C=O) groups is 4. The molecule has 0 spiro atoms. The number of fused-ring (bicyclic) bond motifs is 1. The van der Waals surface area contributed by atoms with Gasteiger partial charge in [0.25, 0.3) is 11.8 Å². The van der Waals surface area contributed by atoms with E-state index in [0.29, 0.717) is 29.8 Å². The highest BCUT2D eigenvalue weighted by atomic mass is 32.1. The van der Waals surface area contributed by atoms with Crippen LogP contribution in [0.1, 0.15) is 46.7 Å². The molecular formula is C29H30N4O4S. The molecule has 8 nitrogen and oxygen atoms in total. The molecule has 0 bridgehead atoms. The minimum Gasteiger partial charge on any atom is -0.340 e. The number of aromatic nitrogens is 1. The molecule has 1 aromatic carbocycles. The smallest absolute Gasteiger partial charge is 0.262 e. The van der Waals surface area contributed by atoms with Gasteiger partial charge in [-0.15, -0.1) is 11.3 Å². The number of amides is 3. The second-order valence-corrected chi connectivity index (χ2v) is 11.2. The number of benzene rings is 1. The molecular weight excluding hydrogens is 500 g/mol. The number of ketones is 1. The summed E-state index contributed by atoms with van der Waals surface area (Å²) in [6.45, 7) is 4.31. The fraction of sp³-hybridized carbons (Fsp3) is 0.345. The van der Waals surface area contributed by atoms with E-state index >= 15 is 0 Å². The molecule has 38 heavy (non-hydrogen) atoms. The Kier molecular flexibility index (Phi) is 7.37. The zero-order valence-electron chi connectivity index (χ0n) is 21.4. The van der Waals surface area contributed by atoms with E-state index in [0.717, 1.165) is 10.4 Å². The van der Waals surface area contributed by atoms with Gasteiger partial charge in [0, 0.05) is 23.8 Å². The van der Waals surface area contributed by atoms with Crippen LogP contribution in [-0.2, 0) is 9.59 Å². The number of nitrogens with one attached hydrogen (secondary N) is 1. The van der Waals surface area contributed by atoms with Crippen LogP contribution in [0.25, 0.3) is 10.4 Å². The number of pyridine rings is 1. The highest BCUT2D eigenvalue weighted by Crippen LogP contribution is 2.32. The molecule has 3 amide bonds. The fourth-order valence-corrected chi connectivity index (χ4v) is 6.25. The Labute approximate surface area is 225 Å². The number of hydrogen-bond acceptors (Lipinski definition) is 6. The van der Waals surface area contributed by atoms with Crippen molar-refractivity contribution in [3.05, 3.63) is 77.4 Å². The summed E-state index contributed by atoms with van der Waals surface area (Å²) >= 11 is 1.38. The van der Waals surface area contributed by atoms with Crippen molar-refractivity contribution >= 4 is 34.8 Å². The van der Waals surface area contributed by atoms with Crippen LogP contribution in [-0.4, -0.2) is 69.5 Å². The Bertz CT molecular complexity index is 1340. The number of Topliss-reactive ketones (excluding diaryl/α,β-unsaturated/α-hetero) is 1. The highest BCUT2D eigenvalue weighted by Gasteiger charge is 2.52. The average molecular weight is 531 g/mol. The molecule has 5 rings (SSSR count). The van der Waals surface area contributed by atoms with Gasteiger partial charge in [-0.1, -0.05) is 44.2 Å². The van der Waals surface area contributed by atoms with Gasteiger partial charge in [-0.2, -0.15) is 0 Å². The maximum atomic E-state index is 13.8. The summed E-state index contributed by atoms with van der Waals surface area (Å²) in [6.07, 6.45) is 4.04. The highest BCUT2D eigenvalue weighted by molar-refractivity contribution is 7.17. The zero-order chi connectivity index (χ0) is 26.8. The minimum atomic E-state index is -0.764. The van der Waals surface area contributed by atoms with E-state index < -0.39 is 12.1 Å². The fourth-order valence-electron chi connectivity index (χ4n) is 5.33. The van der Waals surface area contributed by atoms with E-state index in [1.807, 2.05) is 50.2 Å². The van der Waals surface area contributed by atoms with Gasteiger partial charge in [-0.05, 0) is 48.6 Å². The Balaban J connectivity index is 1.31. The van der Waals surface area contributed by atoms with Crippen LogP contribution < -0.4 is 5.32 Å². The van der Waals surface area contributed by atoms with Gasteiger partial charge >= 0.3 is 0 Å². The number of carbonyl (C=O) groups excluding carboxylic acids is 4. The third-order valence-corrected chi connectivity index (χ3v) is 8.21. The normalized spacial score (nSPS) is 19.5. The zero-order valence-corrected chi connectivity index (χ0v) is 22.2. The second-order valence-electron chi connectivity index (χ2n) is 10.2. The third kappa shape index (κ3) is 5.11. The Hall–Kier alpha value is -3.85. The first-order chi connectivity index (χ1) is 18.3. The van der Waals surface area contributed by atoms with Crippen molar-refractivity contribution in [1.29, 1.82) is 0 Å². The monoisotopic (exact) mass is 530 g/mol. The SMILES string of the molecule is CC(C)CC(NC(=O)c1ccc(-c2ccccc2)s1)C(=O)N1CCC2C1C(=O)CN2C(=O)c1cccnc1. The first-order valence-electron chi connectivity index (χ1n) is 12.8. The van der Waals surface area contributed by atoms with Crippen LogP contribution >= 0.6 is 11.3 Å². The molecule has 3 aromatic rings. The molecule has 196 valence electrons. The van der Waals surface area contributed by atoms with Crippen molar-refractivity contribution in [2.75, 3.05) is 13.1 Å². The second kappa shape index (κ2) is 10.9. The standard InChI is InChI=1S/C29H30N4O4S/c1-18(2)15-21(31-27(35)25-11-10-24(38-25)19-7-4-3-5-8-19)29(37)32-14-12-22-26(32)23(34)17-33(22)28(36)20-9-6-13-30-16-20/h3-11,13,16,18,21-22,26H,12,14-15,17H2,1-2H3,(H,31,35). The molecule has 0 aliphatic carbocycles. The van der Waals surface area contributed by atoms with Gasteiger partial charge < -0.3 is 15.1 Å². The van der Waals surface area contributed by atoms with E-state index in [-0.39, 0.29) is 42.0 Å². The van der Waals surface area contributed by atoms with Crippen LogP contribution in [0.2, 0.25) is 0 Å².